The standard InChI is InChI=1S/C18H17N5O4/c1-10(24)20-12-4-2-11(3-5-12)17(26)19-9-16(25)21-13-6-7-14-15(8-13)23-18(27)22-14/h2-8H,9H2,1H3,(H,19,26)(H,20,24)(H,21,25)(H2,22,23,27). The van der Waals surface area contributed by atoms with E-state index in [2.05, 4.69) is 25.9 Å². The van der Waals surface area contributed by atoms with Crippen molar-refractivity contribution in [3.05, 3.63) is 58.5 Å². The van der Waals surface area contributed by atoms with Crippen LogP contribution in [0.2, 0.25) is 0 Å². The van der Waals surface area contributed by atoms with E-state index in [0.717, 1.165) is 0 Å². The van der Waals surface area contributed by atoms with Crippen LogP contribution in [0.15, 0.2) is 47.3 Å². The van der Waals surface area contributed by atoms with Crippen LogP contribution < -0.4 is 21.6 Å². The van der Waals surface area contributed by atoms with Crippen LogP contribution in [0.4, 0.5) is 11.4 Å². The zero-order chi connectivity index (χ0) is 19.4. The van der Waals surface area contributed by atoms with Crippen LogP contribution in [-0.2, 0) is 9.59 Å². The summed E-state index contributed by atoms with van der Waals surface area (Å²) in [5.74, 6) is -1.02. The Morgan fingerprint density at radius 3 is 2.26 bits per heavy atom. The van der Waals surface area contributed by atoms with Gasteiger partial charge in [-0.1, -0.05) is 0 Å². The first-order chi connectivity index (χ1) is 12.9. The fourth-order valence-corrected chi connectivity index (χ4v) is 2.49. The maximum atomic E-state index is 12.1. The second-order valence-corrected chi connectivity index (χ2v) is 5.83. The highest BCUT2D eigenvalue weighted by molar-refractivity contribution is 6.00. The van der Waals surface area contributed by atoms with Gasteiger partial charge in [-0.3, -0.25) is 14.4 Å². The number of benzene rings is 2. The van der Waals surface area contributed by atoms with Crippen molar-refractivity contribution in [1.29, 1.82) is 0 Å². The Bertz CT molecular complexity index is 1070. The van der Waals surface area contributed by atoms with Crippen LogP contribution in [-0.4, -0.2) is 34.2 Å². The van der Waals surface area contributed by atoms with Crippen LogP contribution in [0, 0.1) is 0 Å². The summed E-state index contributed by atoms with van der Waals surface area (Å²) in [7, 11) is 0. The average molecular weight is 367 g/mol. The molecule has 0 fully saturated rings. The summed E-state index contributed by atoms with van der Waals surface area (Å²) in [4.78, 5) is 51.5. The van der Waals surface area contributed by atoms with Crippen LogP contribution in [0.25, 0.3) is 11.0 Å². The van der Waals surface area contributed by atoms with Crippen molar-refractivity contribution in [3.8, 4) is 0 Å². The molecule has 0 aliphatic carbocycles. The summed E-state index contributed by atoms with van der Waals surface area (Å²) in [5, 5.41) is 7.77. The van der Waals surface area contributed by atoms with Crippen molar-refractivity contribution in [3.63, 3.8) is 0 Å². The molecule has 0 bridgehead atoms. The third kappa shape index (κ3) is 4.60. The third-order valence-corrected chi connectivity index (χ3v) is 3.68. The summed E-state index contributed by atoms with van der Waals surface area (Å²) < 4.78 is 0. The van der Waals surface area contributed by atoms with E-state index < -0.39 is 11.8 Å². The van der Waals surface area contributed by atoms with E-state index in [1.807, 2.05) is 0 Å². The minimum absolute atomic E-state index is 0.203. The molecule has 27 heavy (non-hydrogen) atoms. The topological polar surface area (TPSA) is 136 Å². The highest BCUT2D eigenvalue weighted by Crippen LogP contribution is 2.14. The number of hydrogen-bond donors (Lipinski definition) is 5. The number of H-pyrrole nitrogens is 2. The van der Waals surface area contributed by atoms with Gasteiger partial charge in [-0.05, 0) is 42.5 Å². The Morgan fingerprint density at radius 2 is 1.56 bits per heavy atom. The Hall–Kier alpha value is -3.88. The predicted octanol–water partition coefficient (Wildman–Crippen LogP) is 1.18. The van der Waals surface area contributed by atoms with E-state index in [4.69, 9.17) is 0 Å². The molecule has 5 N–H and O–H groups in total. The fourth-order valence-electron chi connectivity index (χ4n) is 2.49. The number of hydrogen-bond acceptors (Lipinski definition) is 4. The molecule has 0 radical (unpaired) electrons. The van der Waals surface area contributed by atoms with Crippen LogP contribution in [0.3, 0.4) is 0 Å². The van der Waals surface area contributed by atoms with Gasteiger partial charge in [-0.2, -0.15) is 0 Å². The average Bonchev–Trinajstić information content (AvgIpc) is 2.99. The largest absolute Gasteiger partial charge is 0.343 e. The number of carbonyl (C=O) groups is 3. The number of nitrogens with one attached hydrogen (secondary N) is 5. The number of carbonyl (C=O) groups excluding carboxylic acids is 3. The van der Waals surface area contributed by atoms with Gasteiger partial charge in [0, 0.05) is 23.9 Å². The molecule has 3 aromatic rings. The van der Waals surface area contributed by atoms with Gasteiger partial charge in [0.1, 0.15) is 0 Å². The highest BCUT2D eigenvalue weighted by Gasteiger charge is 2.09. The van der Waals surface area contributed by atoms with Crippen molar-refractivity contribution in [1.82, 2.24) is 15.3 Å². The molecule has 3 rings (SSSR count). The molecule has 0 unspecified atom stereocenters. The smallest absolute Gasteiger partial charge is 0.323 e. The van der Waals surface area contributed by atoms with Gasteiger partial charge in [-0.15, -0.1) is 0 Å². The van der Waals surface area contributed by atoms with Crippen molar-refractivity contribution in [2.24, 2.45) is 0 Å². The maximum absolute atomic E-state index is 12.1. The number of anilines is 2. The van der Waals surface area contributed by atoms with Crippen LogP contribution >= 0.6 is 0 Å². The first-order valence-corrected chi connectivity index (χ1v) is 8.08. The van der Waals surface area contributed by atoms with Gasteiger partial charge < -0.3 is 25.9 Å². The fraction of sp³-hybridized carbons (Fsp3) is 0.111. The zero-order valence-corrected chi connectivity index (χ0v) is 14.4. The normalized spacial score (nSPS) is 10.4. The number of rotatable bonds is 5. The van der Waals surface area contributed by atoms with E-state index in [0.29, 0.717) is 28.0 Å². The predicted molar refractivity (Wildman–Crippen MR) is 101 cm³/mol. The molecule has 1 aromatic heterocycles. The van der Waals surface area contributed by atoms with Gasteiger partial charge in [0.2, 0.25) is 11.8 Å². The quantitative estimate of drug-likeness (QED) is 0.462. The van der Waals surface area contributed by atoms with Gasteiger partial charge >= 0.3 is 5.69 Å². The Labute approximate surface area is 153 Å². The molecular weight excluding hydrogens is 350 g/mol. The molecule has 138 valence electrons. The summed E-state index contributed by atoms with van der Waals surface area (Å²) in [6, 6.07) is 11.2. The van der Waals surface area contributed by atoms with E-state index in [9.17, 15) is 19.2 Å². The Kier molecular flexibility index (Phi) is 5.02. The van der Waals surface area contributed by atoms with E-state index in [1.165, 1.54) is 6.92 Å². The molecule has 0 saturated heterocycles. The molecule has 9 heteroatoms. The molecule has 2 aromatic carbocycles. The number of aromatic amines is 2. The first kappa shape index (κ1) is 17.9. The van der Waals surface area contributed by atoms with Crippen molar-refractivity contribution in [2.45, 2.75) is 6.92 Å². The van der Waals surface area contributed by atoms with Crippen LogP contribution in [0.5, 0.6) is 0 Å². The first-order valence-electron chi connectivity index (χ1n) is 8.08. The Morgan fingerprint density at radius 1 is 0.889 bits per heavy atom. The van der Waals surface area contributed by atoms with E-state index in [1.54, 1.807) is 42.5 Å². The summed E-state index contributed by atoms with van der Waals surface area (Å²) in [6.45, 7) is 1.18. The lowest BCUT2D eigenvalue weighted by Gasteiger charge is -2.08. The lowest BCUT2D eigenvalue weighted by atomic mass is 10.2. The monoisotopic (exact) mass is 367 g/mol. The molecule has 0 aliphatic heterocycles. The zero-order valence-electron chi connectivity index (χ0n) is 14.4. The number of fused-ring (bicyclic) bond motifs is 1. The molecular formula is C18H17N5O4. The third-order valence-electron chi connectivity index (χ3n) is 3.68. The molecule has 1 heterocycles. The van der Waals surface area contributed by atoms with Gasteiger partial charge in [0.05, 0.1) is 17.6 Å². The van der Waals surface area contributed by atoms with Gasteiger partial charge in [0.15, 0.2) is 0 Å². The van der Waals surface area contributed by atoms with Crippen molar-refractivity contribution >= 4 is 40.1 Å². The highest BCUT2D eigenvalue weighted by atomic mass is 16.2. The lowest BCUT2D eigenvalue weighted by molar-refractivity contribution is -0.115. The number of imidazole rings is 1. The van der Waals surface area contributed by atoms with Crippen molar-refractivity contribution < 1.29 is 14.4 Å². The second-order valence-electron chi connectivity index (χ2n) is 5.83. The van der Waals surface area contributed by atoms with E-state index in [-0.39, 0.29) is 18.1 Å². The molecule has 0 atom stereocenters. The number of aromatic nitrogens is 2. The number of amides is 3. The van der Waals surface area contributed by atoms with E-state index >= 15 is 0 Å². The minimum atomic E-state index is -0.412. The van der Waals surface area contributed by atoms with Gasteiger partial charge in [-0.25, -0.2) is 4.79 Å². The maximum Gasteiger partial charge on any atom is 0.323 e. The van der Waals surface area contributed by atoms with Crippen molar-refractivity contribution in [2.75, 3.05) is 17.2 Å². The summed E-state index contributed by atoms with van der Waals surface area (Å²) in [6.07, 6.45) is 0. The molecule has 9 nitrogen and oxygen atoms in total. The summed E-state index contributed by atoms with van der Waals surface area (Å²) in [5.41, 5.74) is 2.32. The van der Waals surface area contributed by atoms with Gasteiger partial charge in [0.25, 0.3) is 5.91 Å². The molecule has 0 aliphatic rings. The molecule has 0 spiro atoms. The SMILES string of the molecule is CC(=O)Nc1ccc(C(=O)NCC(=O)Nc2ccc3[nH]c(=O)[nH]c3c2)cc1. The Balaban J connectivity index is 1.55. The molecule has 0 saturated carbocycles. The minimum Gasteiger partial charge on any atom is -0.343 e. The molecule has 3 amide bonds. The summed E-state index contributed by atoms with van der Waals surface area (Å²) >= 11 is 0. The lowest BCUT2D eigenvalue weighted by Crippen LogP contribution is -2.32. The van der Waals surface area contributed by atoms with Crippen LogP contribution in [0.1, 0.15) is 17.3 Å². The second kappa shape index (κ2) is 7.56.